The molecule has 0 fully saturated rings. The molecule has 0 spiro atoms. The second kappa shape index (κ2) is 3.80. The van der Waals surface area contributed by atoms with E-state index in [2.05, 4.69) is 10.2 Å². The lowest BCUT2D eigenvalue weighted by atomic mass is 10.1. The molecule has 1 aromatic carbocycles. The van der Waals surface area contributed by atoms with Crippen molar-refractivity contribution in [2.24, 2.45) is 0 Å². The van der Waals surface area contributed by atoms with Crippen LogP contribution in [0.3, 0.4) is 0 Å². The van der Waals surface area contributed by atoms with Crippen molar-refractivity contribution in [2.45, 2.75) is 13.3 Å². The maximum Gasteiger partial charge on any atom is 0.311 e. The first-order valence-corrected chi connectivity index (χ1v) is 5.61. The minimum atomic E-state index is -0.908. The van der Waals surface area contributed by atoms with Gasteiger partial charge in [0.1, 0.15) is 12.2 Å². The van der Waals surface area contributed by atoms with Crippen LogP contribution in [0.15, 0.2) is 30.3 Å². The van der Waals surface area contributed by atoms with Crippen LogP contribution in [-0.2, 0) is 11.2 Å². The third-order valence-electron chi connectivity index (χ3n) is 2.97. The van der Waals surface area contributed by atoms with Gasteiger partial charge in [-0.1, -0.05) is 18.2 Å². The monoisotopic (exact) mass is 241 g/mol. The topological polar surface area (TPSA) is 67.5 Å². The summed E-state index contributed by atoms with van der Waals surface area (Å²) in [4.78, 5) is 10.9. The van der Waals surface area contributed by atoms with Gasteiger partial charge in [-0.3, -0.25) is 9.20 Å². The molecule has 0 amide bonds. The van der Waals surface area contributed by atoms with Gasteiger partial charge >= 0.3 is 5.97 Å². The zero-order valence-electron chi connectivity index (χ0n) is 9.79. The standard InChI is InChI=1S/C13H11N3O2/c1-8-3-2-4-9-5-6-10-14-15-11(7-12(17)18)16(10)13(8)9/h2-6H,7H2,1H3,(H,17,18). The molecule has 1 N–H and O–H groups in total. The fraction of sp³-hybridized carbons (Fsp3) is 0.154. The number of fused-ring (bicyclic) bond motifs is 3. The highest BCUT2D eigenvalue weighted by molar-refractivity contribution is 5.85. The normalized spacial score (nSPS) is 11.2. The molecular formula is C13H11N3O2. The van der Waals surface area contributed by atoms with Crippen LogP contribution in [0, 0.1) is 6.92 Å². The SMILES string of the molecule is Cc1cccc2ccc3nnc(CC(=O)O)n3c12. The molecule has 3 aromatic rings. The van der Waals surface area contributed by atoms with Crippen molar-refractivity contribution in [1.29, 1.82) is 0 Å². The lowest BCUT2D eigenvalue weighted by Crippen LogP contribution is -2.05. The van der Waals surface area contributed by atoms with Crippen LogP contribution in [0.2, 0.25) is 0 Å². The van der Waals surface area contributed by atoms with Crippen molar-refractivity contribution < 1.29 is 9.90 Å². The lowest BCUT2D eigenvalue weighted by Gasteiger charge is -2.06. The van der Waals surface area contributed by atoms with E-state index in [1.807, 2.05) is 41.7 Å². The lowest BCUT2D eigenvalue weighted by molar-refractivity contribution is -0.136. The third kappa shape index (κ3) is 1.52. The Kier molecular flexibility index (Phi) is 2.26. The summed E-state index contributed by atoms with van der Waals surface area (Å²) in [5, 5.41) is 17.9. The molecule has 0 unspecified atom stereocenters. The van der Waals surface area contributed by atoms with Crippen LogP contribution in [-0.4, -0.2) is 25.7 Å². The van der Waals surface area contributed by atoms with E-state index in [-0.39, 0.29) is 6.42 Å². The summed E-state index contributed by atoms with van der Waals surface area (Å²) in [6.07, 6.45) is -0.130. The highest BCUT2D eigenvalue weighted by atomic mass is 16.4. The fourth-order valence-electron chi connectivity index (χ4n) is 2.22. The molecule has 2 aromatic heterocycles. The number of pyridine rings is 1. The van der Waals surface area contributed by atoms with Gasteiger partial charge in [0.15, 0.2) is 5.65 Å². The molecule has 0 bridgehead atoms. The van der Waals surface area contributed by atoms with E-state index < -0.39 is 5.97 Å². The van der Waals surface area contributed by atoms with E-state index in [9.17, 15) is 4.79 Å². The molecular weight excluding hydrogens is 230 g/mol. The predicted molar refractivity (Wildman–Crippen MR) is 66.6 cm³/mol. The number of benzene rings is 1. The summed E-state index contributed by atoms with van der Waals surface area (Å²) in [5.74, 6) is -0.452. The minimum Gasteiger partial charge on any atom is -0.481 e. The van der Waals surface area contributed by atoms with Gasteiger partial charge in [0, 0.05) is 0 Å². The highest BCUT2D eigenvalue weighted by Crippen LogP contribution is 2.21. The number of hydrogen-bond acceptors (Lipinski definition) is 3. The molecule has 5 heteroatoms. The van der Waals surface area contributed by atoms with Gasteiger partial charge in [0.25, 0.3) is 0 Å². The van der Waals surface area contributed by atoms with Crippen LogP contribution in [0.1, 0.15) is 11.4 Å². The largest absolute Gasteiger partial charge is 0.481 e. The molecule has 0 saturated heterocycles. The smallest absolute Gasteiger partial charge is 0.311 e. The molecule has 0 atom stereocenters. The predicted octanol–water partition coefficient (Wildman–Crippen LogP) is 1.82. The number of rotatable bonds is 2. The van der Waals surface area contributed by atoms with Crippen LogP contribution < -0.4 is 0 Å². The number of hydrogen-bond donors (Lipinski definition) is 1. The van der Waals surface area contributed by atoms with Crippen LogP contribution in [0.4, 0.5) is 0 Å². The first kappa shape index (κ1) is 10.7. The Balaban J connectivity index is 2.43. The number of nitrogens with zero attached hydrogens (tertiary/aromatic N) is 3. The number of carbonyl (C=O) groups is 1. The van der Waals surface area contributed by atoms with Gasteiger partial charge in [0.05, 0.1) is 5.52 Å². The molecule has 2 heterocycles. The second-order valence-electron chi connectivity index (χ2n) is 4.23. The maximum absolute atomic E-state index is 10.9. The molecule has 90 valence electrons. The quantitative estimate of drug-likeness (QED) is 0.743. The molecule has 0 aliphatic carbocycles. The summed E-state index contributed by atoms with van der Waals surface area (Å²) in [6, 6.07) is 9.78. The molecule has 0 saturated carbocycles. The van der Waals surface area contributed by atoms with Crippen LogP contribution >= 0.6 is 0 Å². The summed E-state index contributed by atoms with van der Waals surface area (Å²) < 4.78 is 1.82. The summed E-state index contributed by atoms with van der Waals surface area (Å²) >= 11 is 0. The zero-order valence-corrected chi connectivity index (χ0v) is 9.79. The first-order chi connectivity index (χ1) is 8.66. The van der Waals surface area contributed by atoms with Crippen molar-refractivity contribution in [2.75, 3.05) is 0 Å². The Morgan fingerprint density at radius 1 is 1.28 bits per heavy atom. The number of carboxylic acid groups (broad SMARTS) is 1. The fourth-order valence-corrected chi connectivity index (χ4v) is 2.22. The Labute approximate surface area is 103 Å². The van der Waals surface area contributed by atoms with Crippen molar-refractivity contribution in [3.05, 3.63) is 41.7 Å². The van der Waals surface area contributed by atoms with Gasteiger partial charge in [-0.2, -0.15) is 0 Å². The van der Waals surface area contributed by atoms with Crippen molar-refractivity contribution in [3.63, 3.8) is 0 Å². The van der Waals surface area contributed by atoms with Gasteiger partial charge in [-0.25, -0.2) is 0 Å². The number of carboxylic acids is 1. The Morgan fingerprint density at radius 2 is 2.11 bits per heavy atom. The highest BCUT2D eigenvalue weighted by Gasteiger charge is 2.12. The zero-order chi connectivity index (χ0) is 12.7. The van der Waals surface area contributed by atoms with Gasteiger partial charge in [-0.15, -0.1) is 10.2 Å². The van der Waals surface area contributed by atoms with E-state index in [0.29, 0.717) is 11.5 Å². The summed E-state index contributed by atoms with van der Waals surface area (Å²) in [5.41, 5.74) is 2.72. The maximum atomic E-state index is 10.9. The van der Waals surface area contributed by atoms with Crippen LogP contribution in [0.25, 0.3) is 16.6 Å². The van der Waals surface area contributed by atoms with Crippen molar-refractivity contribution in [3.8, 4) is 0 Å². The van der Waals surface area contributed by atoms with Crippen molar-refractivity contribution in [1.82, 2.24) is 14.6 Å². The Hall–Kier alpha value is -2.43. The van der Waals surface area contributed by atoms with Crippen molar-refractivity contribution >= 4 is 22.5 Å². The molecule has 5 nitrogen and oxygen atoms in total. The first-order valence-electron chi connectivity index (χ1n) is 5.61. The average molecular weight is 241 g/mol. The minimum absolute atomic E-state index is 0.130. The van der Waals surface area contributed by atoms with E-state index in [1.54, 1.807) is 0 Å². The molecule has 18 heavy (non-hydrogen) atoms. The summed E-state index contributed by atoms with van der Waals surface area (Å²) in [7, 11) is 0. The summed E-state index contributed by atoms with van der Waals surface area (Å²) in [6.45, 7) is 1.99. The second-order valence-corrected chi connectivity index (χ2v) is 4.23. The molecule has 3 rings (SSSR count). The number of para-hydroxylation sites is 1. The van der Waals surface area contributed by atoms with E-state index >= 15 is 0 Å². The molecule has 0 aliphatic heterocycles. The van der Waals surface area contributed by atoms with Gasteiger partial charge in [0.2, 0.25) is 0 Å². The average Bonchev–Trinajstić information content (AvgIpc) is 2.72. The number of aliphatic carboxylic acids is 1. The number of aryl methyl sites for hydroxylation is 1. The molecule has 0 aliphatic rings. The van der Waals surface area contributed by atoms with E-state index in [4.69, 9.17) is 5.11 Å². The number of aromatic nitrogens is 3. The van der Waals surface area contributed by atoms with Gasteiger partial charge in [-0.05, 0) is 30.0 Å². The molecule has 0 radical (unpaired) electrons. The van der Waals surface area contributed by atoms with E-state index in [0.717, 1.165) is 16.5 Å². The van der Waals surface area contributed by atoms with Gasteiger partial charge < -0.3 is 5.11 Å². The Morgan fingerprint density at radius 3 is 2.89 bits per heavy atom. The Bertz CT molecular complexity index is 761. The van der Waals surface area contributed by atoms with Crippen LogP contribution in [0.5, 0.6) is 0 Å². The van der Waals surface area contributed by atoms with E-state index in [1.165, 1.54) is 0 Å². The third-order valence-corrected chi connectivity index (χ3v) is 2.97.